The minimum atomic E-state index is 0.136. The first-order chi connectivity index (χ1) is 9.63. The van der Waals surface area contributed by atoms with E-state index in [1.54, 1.807) is 0 Å². The lowest BCUT2D eigenvalue weighted by molar-refractivity contribution is 0.251. The molecule has 2 atom stereocenters. The Balaban J connectivity index is 1.62. The second-order valence-corrected chi connectivity index (χ2v) is 6.74. The van der Waals surface area contributed by atoms with Gasteiger partial charge in [-0.2, -0.15) is 4.98 Å². The number of nitrogens with two attached hydrogens (primary N) is 1. The molecule has 1 aromatic rings. The summed E-state index contributed by atoms with van der Waals surface area (Å²) in [6.45, 7) is 4.65. The number of hydrogen-bond donors (Lipinski definition) is 1. The fourth-order valence-corrected chi connectivity index (χ4v) is 3.52. The Bertz CT molecular complexity index is 472. The van der Waals surface area contributed by atoms with Crippen molar-refractivity contribution in [2.24, 2.45) is 17.6 Å². The van der Waals surface area contributed by atoms with Gasteiger partial charge in [0.25, 0.3) is 0 Å². The summed E-state index contributed by atoms with van der Waals surface area (Å²) in [6, 6.07) is 0.136. The molecule has 1 heterocycles. The number of hydrogen-bond acceptors (Lipinski definition) is 4. The Labute approximate surface area is 120 Å². The van der Waals surface area contributed by atoms with Crippen molar-refractivity contribution in [2.75, 3.05) is 0 Å². The van der Waals surface area contributed by atoms with E-state index in [1.165, 1.54) is 25.7 Å². The molecule has 3 rings (SSSR count). The van der Waals surface area contributed by atoms with Crippen LogP contribution < -0.4 is 5.73 Å². The summed E-state index contributed by atoms with van der Waals surface area (Å²) < 4.78 is 5.46. The molecule has 2 aliphatic rings. The van der Waals surface area contributed by atoms with E-state index in [4.69, 9.17) is 10.3 Å². The lowest BCUT2D eigenvalue weighted by atomic mass is 9.77. The Kier molecular flexibility index (Phi) is 3.92. The molecule has 2 aliphatic carbocycles. The molecule has 0 bridgehead atoms. The minimum absolute atomic E-state index is 0.136. The van der Waals surface area contributed by atoms with Crippen LogP contribution in [0.4, 0.5) is 0 Å². The van der Waals surface area contributed by atoms with E-state index in [2.05, 4.69) is 30.1 Å². The predicted octanol–water partition coefficient (Wildman–Crippen LogP) is 3.37. The van der Waals surface area contributed by atoms with Crippen molar-refractivity contribution in [3.05, 3.63) is 23.9 Å². The van der Waals surface area contributed by atoms with Crippen molar-refractivity contribution in [3.8, 4) is 0 Å². The van der Waals surface area contributed by atoms with Crippen molar-refractivity contribution in [1.82, 2.24) is 10.1 Å². The van der Waals surface area contributed by atoms with Crippen LogP contribution in [0, 0.1) is 11.8 Å². The first kappa shape index (κ1) is 13.8. The molecular formula is C16H25N3O. The average Bonchev–Trinajstić information content (AvgIpc) is 3.07. The van der Waals surface area contributed by atoms with Gasteiger partial charge < -0.3 is 10.3 Å². The largest absolute Gasteiger partial charge is 0.339 e. The van der Waals surface area contributed by atoms with Crippen molar-refractivity contribution < 1.29 is 4.52 Å². The third kappa shape index (κ3) is 2.80. The zero-order valence-electron chi connectivity index (χ0n) is 12.5. The number of rotatable bonds is 3. The van der Waals surface area contributed by atoms with Crippen LogP contribution in [0.2, 0.25) is 0 Å². The summed E-state index contributed by atoms with van der Waals surface area (Å²) in [5, 5.41) is 4.22. The Morgan fingerprint density at radius 3 is 2.55 bits per heavy atom. The standard InChI is InChI=1S/C16H25N3O/c1-10(2)11-3-5-12(6-4-11)15-18-16(20-19-15)13-7-8-14(17)9-13/h7-8,10-14H,3-6,9,17H2,1-2H3. The maximum Gasteiger partial charge on any atom is 0.233 e. The van der Waals surface area contributed by atoms with E-state index in [0.717, 1.165) is 30.0 Å². The number of allylic oxidation sites excluding steroid dienone is 1. The second kappa shape index (κ2) is 5.68. The number of aromatic nitrogens is 2. The van der Waals surface area contributed by atoms with E-state index in [-0.39, 0.29) is 12.0 Å². The molecule has 4 nitrogen and oxygen atoms in total. The Morgan fingerprint density at radius 2 is 1.95 bits per heavy atom. The van der Waals surface area contributed by atoms with Crippen LogP contribution in [0.5, 0.6) is 0 Å². The van der Waals surface area contributed by atoms with Gasteiger partial charge in [0.05, 0.1) is 5.92 Å². The van der Waals surface area contributed by atoms with Crippen molar-refractivity contribution >= 4 is 0 Å². The highest BCUT2D eigenvalue weighted by Crippen LogP contribution is 2.38. The lowest BCUT2D eigenvalue weighted by Crippen LogP contribution is -2.18. The maximum absolute atomic E-state index is 5.88. The molecule has 1 fully saturated rings. The van der Waals surface area contributed by atoms with Gasteiger partial charge in [-0.15, -0.1) is 0 Å². The molecule has 2 unspecified atom stereocenters. The van der Waals surface area contributed by atoms with Crippen LogP contribution in [0.15, 0.2) is 16.7 Å². The first-order valence-electron chi connectivity index (χ1n) is 7.91. The topological polar surface area (TPSA) is 64.9 Å². The van der Waals surface area contributed by atoms with Crippen LogP contribution in [0.25, 0.3) is 0 Å². The second-order valence-electron chi connectivity index (χ2n) is 6.74. The molecule has 110 valence electrons. The van der Waals surface area contributed by atoms with Crippen LogP contribution in [0.1, 0.15) is 69.5 Å². The summed E-state index contributed by atoms with van der Waals surface area (Å²) in [7, 11) is 0. The van der Waals surface area contributed by atoms with Crippen LogP contribution >= 0.6 is 0 Å². The zero-order valence-corrected chi connectivity index (χ0v) is 12.5. The Hall–Kier alpha value is -1.16. The van der Waals surface area contributed by atoms with E-state index >= 15 is 0 Å². The van der Waals surface area contributed by atoms with Gasteiger partial charge in [0, 0.05) is 12.0 Å². The van der Waals surface area contributed by atoms with Gasteiger partial charge >= 0.3 is 0 Å². The highest BCUT2D eigenvalue weighted by Gasteiger charge is 2.29. The monoisotopic (exact) mass is 275 g/mol. The molecule has 1 saturated carbocycles. The fraction of sp³-hybridized carbons (Fsp3) is 0.750. The molecular weight excluding hydrogens is 250 g/mol. The van der Waals surface area contributed by atoms with Gasteiger partial charge in [-0.3, -0.25) is 0 Å². The van der Waals surface area contributed by atoms with Crippen LogP contribution in [-0.2, 0) is 0 Å². The molecule has 4 heteroatoms. The normalized spacial score (nSPS) is 34.0. The molecule has 0 aromatic carbocycles. The summed E-state index contributed by atoms with van der Waals surface area (Å²) in [4.78, 5) is 4.64. The van der Waals surface area contributed by atoms with E-state index in [1.807, 2.05) is 6.08 Å². The van der Waals surface area contributed by atoms with Gasteiger partial charge in [0.15, 0.2) is 5.82 Å². The van der Waals surface area contributed by atoms with Gasteiger partial charge in [0.1, 0.15) is 0 Å². The Morgan fingerprint density at radius 1 is 1.20 bits per heavy atom. The van der Waals surface area contributed by atoms with Crippen molar-refractivity contribution in [3.63, 3.8) is 0 Å². The molecule has 0 radical (unpaired) electrons. The molecule has 0 spiro atoms. The summed E-state index contributed by atoms with van der Waals surface area (Å²) in [6.07, 6.45) is 9.99. The lowest BCUT2D eigenvalue weighted by Gasteiger charge is -2.29. The SMILES string of the molecule is CC(C)C1CCC(c2noc(C3C=CC(N)C3)n2)CC1. The van der Waals surface area contributed by atoms with E-state index in [0.29, 0.717) is 5.92 Å². The zero-order chi connectivity index (χ0) is 14.1. The summed E-state index contributed by atoms with van der Waals surface area (Å²) in [5.41, 5.74) is 5.88. The molecule has 2 N–H and O–H groups in total. The average molecular weight is 275 g/mol. The molecule has 20 heavy (non-hydrogen) atoms. The quantitative estimate of drug-likeness (QED) is 0.859. The van der Waals surface area contributed by atoms with E-state index in [9.17, 15) is 0 Å². The summed E-state index contributed by atoms with van der Waals surface area (Å²) in [5.74, 6) is 4.03. The van der Waals surface area contributed by atoms with E-state index < -0.39 is 0 Å². The minimum Gasteiger partial charge on any atom is -0.339 e. The third-order valence-electron chi connectivity index (χ3n) is 4.97. The molecule has 0 saturated heterocycles. The van der Waals surface area contributed by atoms with Gasteiger partial charge in [0.2, 0.25) is 5.89 Å². The van der Waals surface area contributed by atoms with Crippen LogP contribution in [0.3, 0.4) is 0 Å². The fourth-order valence-electron chi connectivity index (χ4n) is 3.52. The van der Waals surface area contributed by atoms with Gasteiger partial charge in [-0.25, -0.2) is 0 Å². The predicted molar refractivity (Wildman–Crippen MR) is 78.3 cm³/mol. The highest BCUT2D eigenvalue weighted by atomic mass is 16.5. The number of nitrogens with zero attached hydrogens (tertiary/aromatic N) is 2. The van der Waals surface area contributed by atoms with Gasteiger partial charge in [-0.05, 0) is 43.9 Å². The highest BCUT2D eigenvalue weighted by molar-refractivity contribution is 5.16. The first-order valence-corrected chi connectivity index (χ1v) is 7.91. The molecule has 0 aliphatic heterocycles. The van der Waals surface area contributed by atoms with Crippen LogP contribution in [-0.4, -0.2) is 16.2 Å². The molecule has 1 aromatic heterocycles. The van der Waals surface area contributed by atoms with Crippen molar-refractivity contribution in [1.29, 1.82) is 0 Å². The smallest absolute Gasteiger partial charge is 0.233 e. The van der Waals surface area contributed by atoms with Gasteiger partial charge in [-0.1, -0.05) is 31.2 Å². The maximum atomic E-state index is 5.88. The third-order valence-corrected chi connectivity index (χ3v) is 4.97. The molecule has 0 amide bonds. The summed E-state index contributed by atoms with van der Waals surface area (Å²) >= 11 is 0. The van der Waals surface area contributed by atoms with Crippen molar-refractivity contribution in [2.45, 2.75) is 63.8 Å².